The van der Waals surface area contributed by atoms with Crippen molar-refractivity contribution in [1.82, 2.24) is 9.71 Å². The molecule has 1 saturated carbocycles. The van der Waals surface area contributed by atoms with Gasteiger partial charge in [0.05, 0.1) is 11.5 Å². The molecule has 0 radical (unpaired) electrons. The van der Waals surface area contributed by atoms with Gasteiger partial charge in [-0.1, -0.05) is 13.8 Å². The molecule has 0 saturated heterocycles. The van der Waals surface area contributed by atoms with Gasteiger partial charge in [0.1, 0.15) is 0 Å². The van der Waals surface area contributed by atoms with Gasteiger partial charge in [0.25, 0.3) is 0 Å². The first-order valence-electron chi connectivity index (χ1n) is 6.73. The maximum atomic E-state index is 12.2. The first-order valence-corrected chi connectivity index (χ1v) is 8.21. The van der Waals surface area contributed by atoms with E-state index in [1.807, 2.05) is 0 Å². The fraction of sp³-hybridized carbons (Fsp3) is 0.692. The Kier molecular flexibility index (Phi) is 4.32. The van der Waals surface area contributed by atoms with Crippen LogP contribution in [0.3, 0.4) is 0 Å². The molecule has 2 rings (SSSR count). The van der Waals surface area contributed by atoms with Crippen LogP contribution in [0.2, 0.25) is 0 Å². The van der Waals surface area contributed by atoms with Crippen LogP contribution in [0.15, 0.2) is 17.2 Å². The van der Waals surface area contributed by atoms with Crippen molar-refractivity contribution in [3.63, 3.8) is 0 Å². The van der Waals surface area contributed by atoms with Gasteiger partial charge in [0.2, 0.25) is 10.0 Å². The third kappa shape index (κ3) is 3.38. The largest absolute Gasteiger partial charge is 0.390 e. The Morgan fingerprint density at radius 1 is 1.42 bits per heavy atom. The third-order valence-electron chi connectivity index (χ3n) is 3.93. The maximum Gasteiger partial charge on any atom is 0.242 e. The van der Waals surface area contributed by atoms with Gasteiger partial charge in [-0.2, -0.15) is 0 Å². The highest BCUT2D eigenvalue weighted by Crippen LogP contribution is 2.29. The molecule has 1 heterocycles. The predicted octanol–water partition coefficient (Wildman–Crippen LogP) is 1.61. The zero-order chi connectivity index (χ0) is 14.0. The smallest absolute Gasteiger partial charge is 0.242 e. The summed E-state index contributed by atoms with van der Waals surface area (Å²) >= 11 is 0. The summed E-state index contributed by atoms with van der Waals surface area (Å²) in [5.41, 5.74) is 0.505. The minimum atomic E-state index is -3.49. The highest BCUT2D eigenvalue weighted by Gasteiger charge is 2.29. The van der Waals surface area contributed by atoms with E-state index in [9.17, 15) is 8.42 Å². The molecule has 3 N–H and O–H groups in total. The number of nitrogens with one attached hydrogen (secondary N) is 2. The summed E-state index contributed by atoms with van der Waals surface area (Å²) in [6.45, 7) is 4.12. The summed E-state index contributed by atoms with van der Waals surface area (Å²) in [5, 5.41) is 8.96. The SMILES string of the molecule is CC1CCC(NS(=O)(=O)c2c[nH]c(CO)c2)C(C)C1. The Labute approximate surface area is 114 Å². The average Bonchev–Trinajstić information content (AvgIpc) is 2.82. The predicted molar refractivity (Wildman–Crippen MR) is 73.0 cm³/mol. The van der Waals surface area contributed by atoms with E-state index in [-0.39, 0.29) is 17.5 Å². The number of aliphatic hydroxyl groups is 1. The quantitative estimate of drug-likeness (QED) is 0.786. The number of aromatic nitrogens is 1. The van der Waals surface area contributed by atoms with Crippen LogP contribution in [0.25, 0.3) is 0 Å². The maximum absolute atomic E-state index is 12.2. The van der Waals surface area contributed by atoms with E-state index in [0.29, 0.717) is 17.5 Å². The Balaban J connectivity index is 2.08. The van der Waals surface area contributed by atoms with Crippen molar-refractivity contribution < 1.29 is 13.5 Å². The van der Waals surface area contributed by atoms with Gasteiger partial charge in [-0.05, 0) is 37.2 Å². The lowest BCUT2D eigenvalue weighted by Gasteiger charge is -2.32. The van der Waals surface area contributed by atoms with Gasteiger partial charge in [0.15, 0.2) is 0 Å². The average molecular weight is 286 g/mol. The van der Waals surface area contributed by atoms with Crippen molar-refractivity contribution in [2.45, 2.75) is 50.7 Å². The van der Waals surface area contributed by atoms with Crippen molar-refractivity contribution in [2.24, 2.45) is 11.8 Å². The van der Waals surface area contributed by atoms with E-state index in [4.69, 9.17) is 5.11 Å². The fourth-order valence-corrected chi connectivity index (χ4v) is 4.17. The van der Waals surface area contributed by atoms with Crippen LogP contribution in [0.5, 0.6) is 0 Å². The second-order valence-electron chi connectivity index (χ2n) is 5.64. The molecule has 108 valence electrons. The van der Waals surface area contributed by atoms with Crippen LogP contribution >= 0.6 is 0 Å². The van der Waals surface area contributed by atoms with E-state index < -0.39 is 10.0 Å². The van der Waals surface area contributed by atoms with E-state index >= 15 is 0 Å². The molecule has 1 aromatic heterocycles. The second-order valence-corrected chi connectivity index (χ2v) is 7.36. The van der Waals surface area contributed by atoms with Gasteiger partial charge in [-0.15, -0.1) is 0 Å². The Morgan fingerprint density at radius 2 is 2.16 bits per heavy atom. The summed E-state index contributed by atoms with van der Waals surface area (Å²) in [4.78, 5) is 2.94. The Morgan fingerprint density at radius 3 is 2.74 bits per heavy atom. The van der Waals surface area contributed by atoms with Crippen molar-refractivity contribution in [3.05, 3.63) is 18.0 Å². The number of aliphatic hydroxyl groups excluding tert-OH is 1. The fourth-order valence-electron chi connectivity index (χ4n) is 2.77. The van der Waals surface area contributed by atoms with Crippen molar-refractivity contribution in [2.75, 3.05) is 0 Å². The topological polar surface area (TPSA) is 82.2 Å². The van der Waals surface area contributed by atoms with Crippen molar-refractivity contribution in [1.29, 1.82) is 0 Å². The van der Waals surface area contributed by atoms with Gasteiger partial charge in [-0.25, -0.2) is 13.1 Å². The minimum Gasteiger partial charge on any atom is -0.390 e. The summed E-state index contributed by atoms with van der Waals surface area (Å²) in [6, 6.07) is 1.48. The molecule has 0 amide bonds. The molecule has 6 heteroatoms. The molecule has 1 fully saturated rings. The molecular formula is C13H22N2O3S. The molecule has 3 unspecified atom stereocenters. The van der Waals surface area contributed by atoms with Crippen molar-refractivity contribution in [3.8, 4) is 0 Å². The lowest BCUT2D eigenvalue weighted by atomic mass is 9.80. The van der Waals surface area contributed by atoms with Crippen LogP contribution in [-0.2, 0) is 16.6 Å². The third-order valence-corrected chi connectivity index (χ3v) is 5.40. The van der Waals surface area contributed by atoms with Crippen molar-refractivity contribution >= 4 is 10.0 Å². The molecule has 0 spiro atoms. The minimum absolute atomic E-state index is 0.00803. The Hall–Kier alpha value is -0.850. The molecule has 0 aliphatic heterocycles. The van der Waals surface area contributed by atoms with Crippen LogP contribution in [0.4, 0.5) is 0 Å². The van der Waals surface area contributed by atoms with Crippen LogP contribution in [0, 0.1) is 11.8 Å². The normalized spacial score (nSPS) is 28.5. The summed E-state index contributed by atoms with van der Waals surface area (Å²) < 4.78 is 27.3. The zero-order valence-corrected chi connectivity index (χ0v) is 12.2. The molecular weight excluding hydrogens is 264 g/mol. The number of rotatable bonds is 4. The van der Waals surface area contributed by atoms with Crippen LogP contribution < -0.4 is 4.72 Å². The highest BCUT2D eigenvalue weighted by atomic mass is 32.2. The number of hydrogen-bond acceptors (Lipinski definition) is 3. The van der Waals surface area contributed by atoms with E-state index in [1.54, 1.807) is 0 Å². The summed E-state index contributed by atoms with van der Waals surface area (Å²) in [5.74, 6) is 1.03. The van der Waals surface area contributed by atoms with Gasteiger partial charge in [0, 0.05) is 17.9 Å². The van der Waals surface area contributed by atoms with Crippen LogP contribution in [-0.4, -0.2) is 24.6 Å². The Bertz CT molecular complexity index is 524. The molecule has 0 bridgehead atoms. The molecule has 1 aliphatic carbocycles. The summed E-state index contributed by atoms with van der Waals surface area (Å²) in [7, 11) is -3.49. The number of aromatic amines is 1. The molecule has 5 nitrogen and oxygen atoms in total. The number of hydrogen-bond donors (Lipinski definition) is 3. The van der Waals surface area contributed by atoms with E-state index in [1.165, 1.54) is 12.3 Å². The number of sulfonamides is 1. The second kappa shape index (κ2) is 5.64. The van der Waals surface area contributed by atoms with Crippen LogP contribution in [0.1, 0.15) is 38.8 Å². The van der Waals surface area contributed by atoms with E-state index in [2.05, 4.69) is 23.6 Å². The summed E-state index contributed by atoms with van der Waals surface area (Å²) in [6.07, 6.45) is 4.43. The lowest BCUT2D eigenvalue weighted by Crippen LogP contribution is -2.42. The highest BCUT2D eigenvalue weighted by molar-refractivity contribution is 7.89. The zero-order valence-electron chi connectivity index (χ0n) is 11.4. The molecule has 0 aromatic carbocycles. The lowest BCUT2D eigenvalue weighted by molar-refractivity contribution is 0.249. The first-order chi connectivity index (χ1) is 8.92. The molecule has 1 aliphatic rings. The molecule has 19 heavy (non-hydrogen) atoms. The molecule has 3 atom stereocenters. The van der Waals surface area contributed by atoms with Gasteiger partial charge < -0.3 is 10.1 Å². The standard InChI is InChI=1S/C13H22N2O3S/c1-9-3-4-13(10(2)5-9)15-19(17,18)12-6-11(8-16)14-7-12/h6-7,9-10,13-16H,3-5,8H2,1-2H3. The molecule has 1 aromatic rings. The van der Waals surface area contributed by atoms with Gasteiger partial charge in [-0.3, -0.25) is 0 Å². The first kappa shape index (κ1) is 14.6. The number of H-pyrrole nitrogens is 1. The van der Waals surface area contributed by atoms with Gasteiger partial charge >= 0.3 is 0 Å². The van der Waals surface area contributed by atoms with E-state index in [0.717, 1.165) is 19.3 Å². The monoisotopic (exact) mass is 286 g/mol.